The summed E-state index contributed by atoms with van der Waals surface area (Å²) in [5.74, 6) is -0.269. The summed E-state index contributed by atoms with van der Waals surface area (Å²) in [5, 5.41) is 13.9. The fourth-order valence-corrected chi connectivity index (χ4v) is 2.56. The van der Waals surface area contributed by atoms with E-state index in [1.54, 1.807) is 24.3 Å². The molecule has 2 aromatic rings. The highest BCUT2D eigenvalue weighted by Gasteiger charge is 2.16. The average Bonchev–Trinajstić information content (AvgIpc) is 2.47. The topological polar surface area (TPSA) is 55.2 Å². The van der Waals surface area contributed by atoms with Crippen LogP contribution in [0.15, 0.2) is 46.9 Å². The predicted molar refractivity (Wildman–Crippen MR) is 83.9 cm³/mol. The standard InChI is InChI=1S/C15H14BrFN2O2/c1-2-14(11-5-3-4-6-13(11)17)18-15-8-7-10(19(20)21)9-12(15)16/h3-9,14,18H,2H2,1H3. The van der Waals surface area contributed by atoms with Gasteiger partial charge in [0, 0.05) is 27.9 Å². The van der Waals surface area contributed by atoms with Gasteiger partial charge in [-0.1, -0.05) is 25.1 Å². The molecule has 0 aliphatic rings. The van der Waals surface area contributed by atoms with Gasteiger partial charge >= 0.3 is 0 Å². The minimum atomic E-state index is -0.456. The minimum Gasteiger partial charge on any atom is -0.377 e. The van der Waals surface area contributed by atoms with Crippen molar-refractivity contribution >= 4 is 27.3 Å². The van der Waals surface area contributed by atoms with Crippen LogP contribution >= 0.6 is 15.9 Å². The second-order valence-corrected chi connectivity index (χ2v) is 5.40. The Labute approximate surface area is 130 Å². The molecule has 1 atom stereocenters. The molecule has 0 fully saturated rings. The molecule has 0 spiro atoms. The van der Waals surface area contributed by atoms with Crippen LogP contribution in [0.2, 0.25) is 0 Å². The van der Waals surface area contributed by atoms with Crippen LogP contribution in [0.25, 0.3) is 0 Å². The normalized spacial score (nSPS) is 12.0. The first kappa shape index (κ1) is 15.4. The van der Waals surface area contributed by atoms with Gasteiger partial charge in [-0.2, -0.15) is 0 Å². The van der Waals surface area contributed by atoms with Crippen LogP contribution in [0.1, 0.15) is 24.9 Å². The number of halogens is 2. The van der Waals surface area contributed by atoms with Crippen molar-refractivity contribution in [2.24, 2.45) is 0 Å². The molecule has 0 radical (unpaired) electrons. The number of benzene rings is 2. The first-order valence-electron chi connectivity index (χ1n) is 6.47. The monoisotopic (exact) mass is 352 g/mol. The van der Waals surface area contributed by atoms with Crippen LogP contribution in [-0.4, -0.2) is 4.92 Å². The summed E-state index contributed by atoms with van der Waals surface area (Å²) >= 11 is 3.30. The third kappa shape index (κ3) is 3.58. The summed E-state index contributed by atoms with van der Waals surface area (Å²) in [6.07, 6.45) is 0.685. The van der Waals surface area contributed by atoms with Gasteiger partial charge in [-0.15, -0.1) is 0 Å². The molecule has 4 nitrogen and oxygen atoms in total. The first-order chi connectivity index (χ1) is 10.0. The Morgan fingerprint density at radius 1 is 1.33 bits per heavy atom. The van der Waals surface area contributed by atoms with Crippen LogP contribution in [0, 0.1) is 15.9 Å². The van der Waals surface area contributed by atoms with E-state index in [1.165, 1.54) is 18.2 Å². The number of rotatable bonds is 5. The summed E-state index contributed by atoms with van der Waals surface area (Å²) in [4.78, 5) is 10.3. The molecular formula is C15H14BrFN2O2. The van der Waals surface area contributed by atoms with Crippen LogP contribution in [-0.2, 0) is 0 Å². The van der Waals surface area contributed by atoms with E-state index in [0.29, 0.717) is 22.1 Å². The minimum absolute atomic E-state index is 0.00589. The zero-order chi connectivity index (χ0) is 15.4. The molecule has 1 N–H and O–H groups in total. The maximum absolute atomic E-state index is 13.9. The molecule has 21 heavy (non-hydrogen) atoms. The Morgan fingerprint density at radius 3 is 2.62 bits per heavy atom. The molecule has 0 heterocycles. The molecule has 0 bridgehead atoms. The fourth-order valence-electron chi connectivity index (χ4n) is 2.08. The fraction of sp³-hybridized carbons (Fsp3) is 0.200. The first-order valence-corrected chi connectivity index (χ1v) is 7.27. The molecule has 2 aromatic carbocycles. The number of nitrogens with zero attached hydrogens (tertiary/aromatic N) is 1. The van der Waals surface area contributed by atoms with E-state index in [4.69, 9.17) is 0 Å². The van der Waals surface area contributed by atoms with Crippen LogP contribution in [0.5, 0.6) is 0 Å². The van der Waals surface area contributed by atoms with Gasteiger partial charge in [-0.25, -0.2) is 4.39 Å². The SMILES string of the molecule is CCC(Nc1ccc([N+](=O)[O-])cc1Br)c1ccccc1F. The highest BCUT2D eigenvalue weighted by Crippen LogP contribution is 2.31. The predicted octanol–water partition coefficient (Wildman–Crippen LogP) is 5.06. The lowest BCUT2D eigenvalue weighted by Gasteiger charge is -2.20. The van der Waals surface area contributed by atoms with Crippen molar-refractivity contribution in [3.8, 4) is 0 Å². The van der Waals surface area contributed by atoms with E-state index in [-0.39, 0.29) is 17.5 Å². The Balaban J connectivity index is 2.27. The Morgan fingerprint density at radius 2 is 2.05 bits per heavy atom. The molecule has 0 amide bonds. The number of nitrogens with one attached hydrogen (secondary N) is 1. The summed E-state index contributed by atoms with van der Waals surface area (Å²) in [5.41, 5.74) is 1.27. The highest BCUT2D eigenvalue weighted by atomic mass is 79.9. The molecule has 0 aromatic heterocycles. The third-order valence-electron chi connectivity index (χ3n) is 3.18. The van der Waals surface area contributed by atoms with Crippen molar-refractivity contribution in [3.05, 3.63) is 68.4 Å². The largest absolute Gasteiger partial charge is 0.377 e. The van der Waals surface area contributed by atoms with E-state index < -0.39 is 4.92 Å². The number of hydrogen-bond donors (Lipinski definition) is 1. The van der Waals surface area contributed by atoms with Crippen LogP contribution in [0.4, 0.5) is 15.8 Å². The van der Waals surface area contributed by atoms with Gasteiger partial charge in [0.25, 0.3) is 5.69 Å². The van der Waals surface area contributed by atoms with Crippen molar-refractivity contribution in [2.75, 3.05) is 5.32 Å². The molecular weight excluding hydrogens is 339 g/mol. The van der Waals surface area contributed by atoms with Gasteiger partial charge in [0.05, 0.1) is 11.0 Å². The number of hydrogen-bond acceptors (Lipinski definition) is 3. The molecule has 0 aliphatic carbocycles. The zero-order valence-electron chi connectivity index (χ0n) is 11.3. The van der Waals surface area contributed by atoms with Crippen molar-refractivity contribution in [1.29, 1.82) is 0 Å². The lowest BCUT2D eigenvalue weighted by atomic mass is 10.0. The maximum atomic E-state index is 13.9. The van der Waals surface area contributed by atoms with Crippen molar-refractivity contribution in [1.82, 2.24) is 0 Å². The molecule has 110 valence electrons. The Bertz CT molecular complexity index is 664. The summed E-state index contributed by atoms with van der Waals surface area (Å²) in [6, 6.07) is 10.8. The molecule has 0 saturated carbocycles. The molecule has 1 unspecified atom stereocenters. The van der Waals surface area contributed by atoms with Crippen LogP contribution in [0.3, 0.4) is 0 Å². The number of non-ortho nitro benzene ring substituents is 1. The quantitative estimate of drug-likeness (QED) is 0.604. The Hall–Kier alpha value is -1.95. The molecule has 0 aliphatic heterocycles. The smallest absolute Gasteiger partial charge is 0.270 e. The third-order valence-corrected chi connectivity index (χ3v) is 3.84. The summed E-state index contributed by atoms with van der Waals surface area (Å²) in [7, 11) is 0. The zero-order valence-corrected chi connectivity index (χ0v) is 12.9. The van der Waals surface area contributed by atoms with Crippen LogP contribution < -0.4 is 5.32 Å². The van der Waals surface area contributed by atoms with Gasteiger partial charge in [0.1, 0.15) is 5.82 Å². The van der Waals surface area contributed by atoms with Gasteiger partial charge in [-0.3, -0.25) is 10.1 Å². The lowest BCUT2D eigenvalue weighted by molar-refractivity contribution is -0.384. The number of nitro benzene ring substituents is 1. The second kappa shape index (κ2) is 6.67. The Kier molecular flexibility index (Phi) is 4.90. The molecule has 2 rings (SSSR count). The van der Waals surface area contributed by atoms with Gasteiger partial charge in [-0.05, 0) is 34.5 Å². The number of anilines is 1. The van der Waals surface area contributed by atoms with E-state index in [2.05, 4.69) is 21.2 Å². The van der Waals surface area contributed by atoms with Gasteiger partial charge in [0.2, 0.25) is 0 Å². The summed E-state index contributed by atoms with van der Waals surface area (Å²) < 4.78 is 14.4. The highest BCUT2D eigenvalue weighted by molar-refractivity contribution is 9.10. The van der Waals surface area contributed by atoms with E-state index in [0.717, 1.165) is 0 Å². The van der Waals surface area contributed by atoms with Crippen molar-refractivity contribution in [3.63, 3.8) is 0 Å². The van der Waals surface area contributed by atoms with Crippen molar-refractivity contribution in [2.45, 2.75) is 19.4 Å². The summed E-state index contributed by atoms with van der Waals surface area (Å²) in [6.45, 7) is 1.95. The second-order valence-electron chi connectivity index (χ2n) is 4.55. The molecule has 6 heteroatoms. The van der Waals surface area contributed by atoms with Gasteiger partial charge < -0.3 is 5.32 Å². The maximum Gasteiger partial charge on any atom is 0.270 e. The van der Waals surface area contributed by atoms with Crippen molar-refractivity contribution < 1.29 is 9.31 Å². The average molecular weight is 353 g/mol. The number of nitro groups is 1. The molecule has 0 saturated heterocycles. The van der Waals surface area contributed by atoms with E-state index >= 15 is 0 Å². The van der Waals surface area contributed by atoms with E-state index in [9.17, 15) is 14.5 Å². The van der Waals surface area contributed by atoms with E-state index in [1.807, 2.05) is 6.92 Å². The lowest BCUT2D eigenvalue weighted by Crippen LogP contribution is -2.11. The van der Waals surface area contributed by atoms with Gasteiger partial charge in [0.15, 0.2) is 0 Å².